The van der Waals surface area contributed by atoms with E-state index in [4.69, 9.17) is 28.0 Å². The Balaban J connectivity index is 2.15. The van der Waals surface area contributed by atoms with Crippen LogP contribution in [0.2, 0.25) is 10.0 Å². The van der Waals surface area contributed by atoms with Gasteiger partial charge in [0.1, 0.15) is 5.71 Å². The fourth-order valence-electron chi connectivity index (χ4n) is 2.73. The summed E-state index contributed by atoms with van der Waals surface area (Å²) in [7, 11) is 0. The van der Waals surface area contributed by atoms with Crippen molar-refractivity contribution < 1.29 is 22.6 Å². The van der Waals surface area contributed by atoms with Crippen LogP contribution in [0.1, 0.15) is 18.1 Å². The number of oxime groups is 1. The Bertz CT molecular complexity index is 869. The van der Waals surface area contributed by atoms with E-state index in [1.807, 2.05) is 6.92 Å². The maximum atomic E-state index is 13.8. The van der Waals surface area contributed by atoms with Gasteiger partial charge in [0.05, 0.1) is 10.0 Å². The monoisotopic (exact) mass is 435 g/mol. The van der Waals surface area contributed by atoms with Crippen molar-refractivity contribution in [2.45, 2.75) is 35.8 Å². The molecule has 27 heavy (non-hydrogen) atoms. The third-order valence-corrected chi connectivity index (χ3v) is 6.80. The molecule has 1 heterocycles. The summed E-state index contributed by atoms with van der Waals surface area (Å²) in [5.41, 5.74) is -2.01. The zero-order chi connectivity index (χ0) is 20.0. The highest BCUT2D eigenvalue weighted by Crippen LogP contribution is 2.46. The van der Waals surface area contributed by atoms with E-state index in [-0.39, 0.29) is 26.2 Å². The Morgan fingerprint density at radius 3 is 2.19 bits per heavy atom. The lowest BCUT2D eigenvalue weighted by Crippen LogP contribution is -2.56. The molecule has 0 saturated carbocycles. The molecule has 2 aromatic carbocycles. The Hall–Kier alpha value is -1.41. The molecule has 144 valence electrons. The quantitative estimate of drug-likeness (QED) is 0.594. The summed E-state index contributed by atoms with van der Waals surface area (Å²) in [4.78, 5) is 5.04. The molecule has 3 nitrogen and oxygen atoms in total. The van der Waals surface area contributed by atoms with Crippen LogP contribution in [-0.4, -0.2) is 27.3 Å². The molecule has 0 unspecified atom stereocenters. The molecular formula is C18H14Cl2F3NO2S. The fraction of sp³-hybridized carbons (Fsp3) is 0.278. The van der Waals surface area contributed by atoms with Crippen molar-refractivity contribution in [1.29, 1.82) is 0 Å². The average molecular weight is 436 g/mol. The van der Waals surface area contributed by atoms with E-state index in [1.54, 1.807) is 18.2 Å². The lowest BCUT2D eigenvalue weighted by Gasteiger charge is -2.32. The molecule has 0 N–H and O–H groups in total. The van der Waals surface area contributed by atoms with E-state index in [0.717, 1.165) is 12.5 Å². The second-order valence-electron chi connectivity index (χ2n) is 6.26. The van der Waals surface area contributed by atoms with Gasteiger partial charge >= 0.3 is 6.18 Å². The van der Waals surface area contributed by atoms with Crippen LogP contribution in [0.5, 0.6) is 0 Å². The van der Waals surface area contributed by atoms with Gasteiger partial charge in [0.15, 0.2) is 4.90 Å². The molecule has 1 aliphatic heterocycles. The summed E-state index contributed by atoms with van der Waals surface area (Å²) < 4.78 is 54.7. The van der Waals surface area contributed by atoms with Crippen molar-refractivity contribution >= 4 is 40.1 Å². The summed E-state index contributed by atoms with van der Waals surface area (Å²) >= 11 is 10.2. The molecule has 0 aromatic heterocycles. The lowest BCUT2D eigenvalue weighted by molar-refractivity contribution is -0.260. The van der Waals surface area contributed by atoms with E-state index >= 15 is 0 Å². The van der Waals surface area contributed by atoms with Crippen molar-refractivity contribution in [1.82, 2.24) is 0 Å². The van der Waals surface area contributed by atoms with Crippen LogP contribution >= 0.6 is 23.2 Å². The highest BCUT2D eigenvalue weighted by atomic mass is 35.5. The number of hydrogen-bond donors (Lipinski definition) is 0. The highest BCUT2D eigenvalue weighted by Gasteiger charge is 2.69. The van der Waals surface area contributed by atoms with Crippen molar-refractivity contribution in [3.8, 4) is 0 Å². The van der Waals surface area contributed by atoms with Crippen LogP contribution in [0.15, 0.2) is 52.5 Å². The maximum absolute atomic E-state index is 13.8. The highest BCUT2D eigenvalue weighted by molar-refractivity contribution is 7.93. The predicted molar refractivity (Wildman–Crippen MR) is 99.9 cm³/mol. The maximum Gasteiger partial charge on any atom is 0.436 e. The van der Waals surface area contributed by atoms with Gasteiger partial charge in [0, 0.05) is 5.56 Å². The minimum absolute atomic E-state index is 0.0827. The van der Waals surface area contributed by atoms with Crippen LogP contribution in [0, 0.1) is 6.92 Å². The van der Waals surface area contributed by atoms with Gasteiger partial charge in [-0.15, -0.1) is 0 Å². The van der Waals surface area contributed by atoms with Crippen LogP contribution < -0.4 is 0 Å². The van der Waals surface area contributed by atoms with Crippen LogP contribution in [0.25, 0.3) is 0 Å². The summed E-state index contributed by atoms with van der Waals surface area (Å²) in [5.74, 6) is 0. The summed E-state index contributed by atoms with van der Waals surface area (Å²) in [6, 6.07) is 10.9. The fourth-order valence-corrected chi connectivity index (χ4v) is 4.95. The minimum Gasteiger partial charge on any atom is -0.611 e. The van der Waals surface area contributed by atoms with Crippen LogP contribution in [-0.2, 0) is 16.0 Å². The molecule has 0 spiro atoms. The smallest absolute Gasteiger partial charge is 0.436 e. The zero-order valence-electron chi connectivity index (χ0n) is 14.2. The number of aryl methyl sites for hydroxylation is 1. The SMILES string of the molecule is Cc1ccc([S@+]([O-])[C@H]2C(c3c(Cl)cccc3Cl)=NO[C@]2(C)C(F)(F)F)cc1. The Morgan fingerprint density at radius 1 is 1.11 bits per heavy atom. The number of hydrogen-bond acceptors (Lipinski definition) is 3. The Morgan fingerprint density at radius 2 is 1.67 bits per heavy atom. The van der Waals surface area contributed by atoms with Crippen molar-refractivity contribution in [3.05, 3.63) is 63.6 Å². The van der Waals surface area contributed by atoms with E-state index in [1.165, 1.54) is 24.3 Å². The topological polar surface area (TPSA) is 44.7 Å². The third-order valence-electron chi connectivity index (χ3n) is 4.33. The Labute approximate surface area is 167 Å². The van der Waals surface area contributed by atoms with Gasteiger partial charge in [0.25, 0.3) is 5.60 Å². The number of rotatable bonds is 3. The molecule has 0 amide bonds. The second kappa shape index (κ2) is 7.20. The number of nitrogens with zero attached hydrogens (tertiary/aromatic N) is 1. The molecule has 0 aliphatic carbocycles. The molecule has 3 atom stereocenters. The lowest BCUT2D eigenvalue weighted by atomic mass is 9.94. The van der Waals surface area contributed by atoms with E-state index < -0.39 is 28.2 Å². The van der Waals surface area contributed by atoms with Crippen LogP contribution in [0.3, 0.4) is 0 Å². The molecule has 0 saturated heterocycles. The first-order valence-electron chi connectivity index (χ1n) is 7.80. The second-order valence-corrected chi connectivity index (χ2v) is 8.61. The van der Waals surface area contributed by atoms with Gasteiger partial charge in [-0.05, 0) is 49.3 Å². The Kier molecular flexibility index (Phi) is 5.42. The molecule has 3 rings (SSSR count). The van der Waals surface area contributed by atoms with Gasteiger partial charge in [-0.3, -0.25) is 0 Å². The van der Waals surface area contributed by atoms with Gasteiger partial charge in [-0.25, -0.2) is 0 Å². The zero-order valence-corrected chi connectivity index (χ0v) is 16.5. The standard InChI is InChI=1S/C18H14Cl2F3NO2S/c1-10-6-8-11(9-7-10)27(25)16-15(14-12(19)4-3-5-13(14)20)24-26-17(16,2)18(21,22)23/h3-9,16H,1-2H3/t16-,17-,27-/m0/s1. The van der Waals surface area contributed by atoms with Crippen molar-refractivity contribution in [2.75, 3.05) is 0 Å². The summed E-state index contributed by atoms with van der Waals surface area (Å²) in [6.07, 6.45) is -4.82. The predicted octanol–water partition coefficient (Wildman–Crippen LogP) is 5.53. The molecule has 2 aromatic rings. The van der Waals surface area contributed by atoms with Crippen molar-refractivity contribution in [2.24, 2.45) is 5.16 Å². The summed E-state index contributed by atoms with van der Waals surface area (Å²) in [5, 5.41) is 2.18. The van der Waals surface area contributed by atoms with E-state index in [9.17, 15) is 17.7 Å². The molecular weight excluding hydrogens is 422 g/mol. The van der Waals surface area contributed by atoms with E-state index in [0.29, 0.717) is 0 Å². The van der Waals surface area contributed by atoms with Gasteiger partial charge < -0.3 is 9.39 Å². The first kappa shape index (κ1) is 20.3. The number of alkyl halides is 3. The molecule has 9 heteroatoms. The third kappa shape index (κ3) is 3.53. The average Bonchev–Trinajstić information content (AvgIpc) is 2.93. The van der Waals surface area contributed by atoms with E-state index in [2.05, 4.69) is 5.16 Å². The van der Waals surface area contributed by atoms with Crippen molar-refractivity contribution in [3.63, 3.8) is 0 Å². The molecule has 0 fully saturated rings. The van der Waals surface area contributed by atoms with Gasteiger partial charge in [-0.1, -0.05) is 52.1 Å². The van der Waals surface area contributed by atoms with Gasteiger partial charge in [-0.2, -0.15) is 13.2 Å². The first-order valence-corrected chi connectivity index (χ1v) is 9.77. The largest absolute Gasteiger partial charge is 0.611 e. The first-order chi connectivity index (χ1) is 12.6. The molecule has 0 bridgehead atoms. The number of benzene rings is 2. The van der Waals surface area contributed by atoms with Crippen LogP contribution in [0.4, 0.5) is 13.2 Å². The summed E-state index contributed by atoms with van der Waals surface area (Å²) in [6.45, 7) is 2.65. The minimum atomic E-state index is -4.82. The van der Waals surface area contributed by atoms with Gasteiger partial charge in [0.2, 0.25) is 5.25 Å². The normalized spacial score (nSPS) is 23.7. The number of halogens is 5. The molecule has 0 radical (unpaired) electrons. The molecule has 1 aliphatic rings.